The van der Waals surface area contributed by atoms with Gasteiger partial charge in [0.05, 0.1) is 39.6 Å². The zero-order valence-corrected chi connectivity index (χ0v) is 18.8. The Kier molecular flexibility index (Phi) is 7.70. The highest BCUT2D eigenvalue weighted by atomic mass is 16.5. The maximum Gasteiger partial charge on any atom is 0.343 e. The van der Waals surface area contributed by atoms with E-state index in [1.54, 1.807) is 66.7 Å². The van der Waals surface area contributed by atoms with Crippen molar-refractivity contribution in [1.29, 1.82) is 0 Å². The second kappa shape index (κ2) is 10.9. The fraction of sp³-hybridized carbons (Fsp3) is 0.154. The molecule has 33 heavy (non-hydrogen) atoms. The zero-order valence-electron chi connectivity index (χ0n) is 18.8. The molecule has 3 rings (SSSR count). The highest BCUT2D eigenvalue weighted by Gasteiger charge is 2.15. The predicted octanol–water partition coefficient (Wildman–Crippen LogP) is 4.84. The van der Waals surface area contributed by atoms with Gasteiger partial charge in [0.1, 0.15) is 17.2 Å². The van der Waals surface area contributed by atoms with E-state index in [4.69, 9.17) is 23.7 Å². The summed E-state index contributed by atoms with van der Waals surface area (Å²) in [6, 6.07) is 16.6. The van der Waals surface area contributed by atoms with E-state index in [0.717, 1.165) is 0 Å². The van der Waals surface area contributed by atoms with Crippen LogP contribution in [0.1, 0.15) is 26.3 Å². The number of hydrogen-bond acceptors (Lipinski definition) is 7. The van der Waals surface area contributed by atoms with Crippen LogP contribution in [0.3, 0.4) is 0 Å². The first-order valence-electron chi connectivity index (χ1n) is 9.98. The number of carbonyl (C=O) groups excluding carboxylic acids is 2. The molecule has 0 saturated carbocycles. The van der Waals surface area contributed by atoms with Crippen LogP contribution < -0.4 is 23.7 Å². The number of allylic oxidation sites excluding steroid dienone is 1. The van der Waals surface area contributed by atoms with Gasteiger partial charge in [-0.3, -0.25) is 4.79 Å². The third-order valence-corrected chi connectivity index (χ3v) is 4.83. The van der Waals surface area contributed by atoms with E-state index >= 15 is 0 Å². The Morgan fingerprint density at radius 3 is 2.12 bits per heavy atom. The summed E-state index contributed by atoms with van der Waals surface area (Å²) in [5.74, 6) is 1.37. The number of esters is 1. The van der Waals surface area contributed by atoms with Crippen molar-refractivity contribution in [2.45, 2.75) is 0 Å². The van der Waals surface area contributed by atoms with E-state index in [9.17, 15) is 9.59 Å². The fourth-order valence-corrected chi connectivity index (χ4v) is 3.09. The monoisotopic (exact) mass is 448 g/mol. The van der Waals surface area contributed by atoms with E-state index in [-0.39, 0.29) is 5.78 Å². The average Bonchev–Trinajstić information content (AvgIpc) is 2.86. The molecule has 0 aromatic heterocycles. The van der Waals surface area contributed by atoms with Crippen molar-refractivity contribution in [2.24, 2.45) is 0 Å². The smallest absolute Gasteiger partial charge is 0.343 e. The van der Waals surface area contributed by atoms with Crippen molar-refractivity contribution in [3.63, 3.8) is 0 Å². The van der Waals surface area contributed by atoms with Crippen LogP contribution in [0.4, 0.5) is 0 Å². The Morgan fingerprint density at radius 1 is 0.697 bits per heavy atom. The molecule has 0 bridgehead atoms. The molecule has 3 aromatic carbocycles. The molecule has 0 aliphatic carbocycles. The minimum Gasteiger partial charge on any atom is -0.497 e. The average molecular weight is 448 g/mol. The first-order valence-corrected chi connectivity index (χ1v) is 9.98. The van der Waals surface area contributed by atoms with Gasteiger partial charge in [-0.15, -0.1) is 0 Å². The maximum atomic E-state index is 12.7. The summed E-state index contributed by atoms with van der Waals surface area (Å²) >= 11 is 0. The van der Waals surface area contributed by atoms with Crippen LogP contribution in [0, 0.1) is 0 Å². The molecule has 3 aromatic rings. The van der Waals surface area contributed by atoms with Gasteiger partial charge < -0.3 is 23.7 Å². The molecular formula is C26H24O7. The van der Waals surface area contributed by atoms with Crippen LogP contribution >= 0.6 is 0 Å². The molecule has 0 spiro atoms. The molecule has 0 aliphatic heterocycles. The van der Waals surface area contributed by atoms with E-state index in [2.05, 4.69) is 0 Å². The molecule has 0 heterocycles. The number of ether oxygens (including phenoxy) is 5. The van der Waals surface area contributed by atoms with Gasteiger partial charge in [0.25, 0.3) is 0 Å². The van der Waals surface area contributed by atoms with Crippen molar-refractivity contribution < 1.29 is 33.3 Å². The van der Waals surface area contributed by atoms with E-state index in [1.807, 2.05) is 0 Å². The molecule has 7 heteroatoms. The molecule has 0 N–H and O–H groups in total. The third kappa shape index (κ3) is 5.51. The molecular weight excluding hydrogens is 424 g/mol. The highest BCUT2D eigenvalue weighted by molar-refractivity contribution is 6.09. The molecule has 0 fully saturated rings. The van der Waals surface area contributed by atoms with Crippen LogP contribution in [-0.4, -0.2) is 40.2 Å². The number of methoxy groups -OCH3 is 4. The second-order valence-corrected chi connectivity index (χ2v) is 6.76. The van der Waals surface area contributed by atoms with Crippen molar-refractivity contribution in [1.82, 2.24) is 0 Å². The molecule has 0 atom stereocenters. The third-order valence-electron chi connectivity index (χ3n) is 4.83. The largest absolute Gasteiger partial charge is 0.497 e. The summed E-state index contributed by atoms with van der Waals surface area (Å²) in [4.78, 5) is 25.4. The minimum atomic E-state index is -0.569. The van der Waals surface area contributed by atoms with Gasteiger partial charge in [0.15, 0.2) is 17.3 Å². The lowest BCUT2D eigenvalue weighted by Gasteiger charge is -2.11. The lowest BCUT2D eigenvalue weighted by atomic mass is 10.1. The van der Waals surface area contributed by atoms with Gasteiger partial charge in [-0.2, -0.15) is 0 Å². The summed E-state index contributed by atoms with van der Waals surface area (Å²) in [7, 11) is 6.03. The summed E-state index contributed by atoms with van der Waals surface area (Å²) in [6.07, 6.45) is 2.98. The molecule has 7 nitrogen and oxygen atoms in total. The first-order chi connectivity index (χ1) is 16.0. The number of rotatable bonds is 9. The zero-order chi connectivity index (χ0) is 23.8. The molecule has 0 unspecified atom stereocenters. The van der Waals surface area contributed by atoms with Crippen molar-refractivity contribution >= 4 is 17.8 Å². The van der Waals surface area contributed by atoms with Crippen LogP contribution in [0.2, 0.25) is 0 Å². The fourth-order valence-electron chi connectivity index (χ4n) is 3.09. The lowest BCUT2D eigenvalue weighted by Crippen LogP contribution is -2.09. The number of para-hydroxylation sites is 1. The Bertz CT molecular complexity index is 1180. The Morgan fingerprint density at radius 2 is 1.42 bits per heavy atom. The van der Waals surface area contributed by atoms with Gasteiger partial charge >= 0.3 is 5.97 Å². The number of ketones is 1. The topological polar surface area (TPSA) is 80.3 Å². The summed E-state index contributed by atoms with van der Waals surface area (Å²) < 4.78 is 26.5. The highest BCUT2D eigenvalue weighted by Crippen LogP contribution is 2.29. The van der Waals surface area contributed by atoms with Gasteiger partial charge in [-0.05, 0) is 48.6 Å². The molecule has 170 valence electrons. The minimum absolute atomic E-state index is 0.268. The van der Waals surface area contributed by atoms with Crippen molar-refractivity contribution in [3.05, 3.63) is 83.4 Å². The lowest BCUT2D eigenvalue weighted by molar-refractivity contribution is 0.0733. The molecule has 0 amide bonds. The number of carbonyl (C=O) groups is 2. The van der Waals surface area contributed by atoms with Gasteiger partial charge in [-0.1, -0.05) is 18.2 Å². The summed E-state index contributed by atoms with van der Waals surface area (Å²) in [5, 5.41) is 0. The van der Waals surface area contributed by atoms with Crippen molar-refractivity contribution in [3.8, 4) is 28.7 Å². The SMILES string of the molecule is COc1ccc(C(=O)C=Cc2ccccc2OC(=O)c2ccc(OC)c(OC)c2)c(OC)c1. The van der Waals surface area contributed by atoms with Crippen LogP contribution in [0.5, 0.6) is 28.7 Å². The van der Waals surface area contributed by atoms with Gasteiger partial charge in [0, 0.05) is 11.6 Å². The first kappa shape index (κ1) is 23.4. The van der Waals surface area contributed by atoms with E-state index in [0.29, 0.717) is 45.4 Å². The molecule has 0 saturated heterocycles. The van der Waals surface area contributed by atoms with Crippen LogP contribution in [0.15, 0.2) is 66.7 Å². The van der Waals surface area contributed by atoms with Gasteiger partial charge in [-0.25, -0.2) is 4.79 Å². The summed E-state index contributed by atoms with van der Waals surface area (Å²) in [5.41, 5.74) is 1.24. The molecule has 0 radical (unpaired) electrons. The van der Waals surface area contributed by atoms with E-state index in [1.165, 1.54) is 34.5 Å². The quantitative estimate of drug-likeness (QED) is 0.201. The van der Waals surface area contributed by atoms with Crippen LogP contribution in [-0.2, 0) is 0 Å². The normalized spacial score (nSPS) is 10.5. The molecule has 0 aliphatic rings. The van der Waals surface area contributed by atoms with Gasteiger partial charge in [0.2, 0.25) is 0 Å². The standard InChI is InChI=1S/C26H24O7/c1-29-19-11-12-20(24(16-19)31-3)21(27)13-9-17-7-5-6-8-22(17)33-26(28)18-10-14-23(30-2)25(15-18)32-4/h5-16H,1-4H3. The maximum absolute atomic E-state index is 12.7. The number of hydrogen-bond donors (Lipinski definition) is 0. The summed E-state index contributed by atoms with van der Waals surface area (Å²) in [6.45, 7) is 0. The Balaban J connectivity index is 1.82. The number of benzene rings is 3. The van der Waals surface area contributed by atoms with Crippen molar-refractivity contribution in [2.75, 3.05) is 28.4 Å². The second-order valence-electron chi connectivity index (χ2n) is 6.76. The predicted molar refractivity (Wildman–Crippen MR) is 124 cm³/mol. The Labute approximate surface area is 192 Å². The van der Waals surface area contributed by atoms with E-state index < -0.39 is 5.97 Å². The van der Waals surface area contributed by atoms with Crippen LogP contribution in [0.25, 0.3) is 6.08 Å². The Hall–Kier alpha value is -4.26.